The highest BCUT2D eigenvalue weighted by atomic mass is 16.6. The number of nitrogens with zero attached hydrogens (tertiary/aromatic N) is 3. The van der Waals surface area contributed by atoms with Crippen molar-refractivity contribution in [3.05, 3.63) is 53.5 Å². The van der Waals surface area contributed by atoms with Gasteiger partial charge in [-0.05, 0) is 38.5 Å². The molecule has 2 aromatic heterocycles. The smallest absolute Gasteiger partial charge is 0.410 e. The van der Waals surface area contributed by atoms with Crippen molar-refractivity contribution >= 4 is 28.8 Å². The van der Waals surface area contributed by atoms with Crippen LogP contribution in [0.2, 0.25) is 0 Å². The van der Waals surface area contributed by atoms with Crippen molar-refractivity contribution in [3.8, 4) is 0 Å². The number of piperidine rings is 1. The number of carbonyl (C=O) groups excluding carboxylic acids is 3. The van der Waals surface area contributed by atoms with Crippen molar-refractivity contribution in [1.82, 2.24) is 30.3 Å². The summed E-state index contributed by atoms with van der Waals surface area (Å²) < 4.78 is 7.03. The van der Waals surface area contributed by atoms with Crippen LogP contribution in [0.25, 0.3) is 10.9 Å². The monoisotopic (exact) mass is 478 g/mol. The average Bonchev–Trinajstić information content (AvgIpc) is 3.30. The van der Waals surface area contributed by atoms with Gasteiger partial charge in [-0.15, -0.1) is 0 Å². The number of carbonyl (C=O) groups is 3. The lowest BCUT2D eigenvalue weighted by molar-refractivity contribution is 0.0269. The van der Waals surface area contributed by atoms with Gasteiger partial charge in [0.15, 0.2) is 5.69 Å². The largest absolute Gasteiger partial charge is 0.444 e. The normalized spacial score (nSPS) is 21.0. The Labute approximate surface area is 203 Å². The standard InChI is InChI=1S/C25H30N6O4/c1-25(2,3)35-24(34)30-12-16-17(13-30)21(16)28-23(33)20-10-19(22(32)26-4)29-31(20)11-14-6-5-7-18-15(14)8-9-27-18/h5-10,16-17,21,27H,11-13H2,1-4H3,(H,26,32)(H,28,33)/t16-,17+,21?. The summed E-state index contributed by atoms with van der Waals surface area (Å²) >= 11 is 0. The second-order valence-electron chi connectivity index (χ2n) is 10.2. The Kier molecular flexibility index (Phi) is 5.53. The number of aromatic amines is 1. The summed E-state index contributed by atoms with van der Waals surface area (Å²) in [6.45, 7) is 7.00. The van der Waals surface area contributed by atoms with E-state index < -0.39 is 5.60 Å². The van der Waals surface area contributed by atoms with E-state index in [1.807, 2.05) is 51.2 Å². The van der Waals surface area contributed by atoms with Crippen molar-refractivity contribution < 1.29 is 19.1 Å². The van der Waals surface area contributed by atoms with Gasteiger partial charge >= 0.3 is 6.09 Å². The van der Waals surface area contributed by atoms with E-state index in [1.54, 1.807) is 9.58 Å². The molecular weight excluding hydrogens is 448 g/mol. The molecular formula is C25H30N6O4. The molecule has 0 radical (unpaired) electrons. The third kappa shape index (κ3) is 4.48. The maximum atomic E-state index is 13.3. The Balaban J connectivity index is 1.30. The van der Waals surface area contributed by atoms with Crippen LogP contribution in [0.5, 0.6) is 0 Å². The molecule has 1 saturated heterocycles. The molecule has 3 aromatic rings. The van der Waals surface area contributed by atoms with E-state index in [9.17, 15) is 14.4 Å². The van der Waals surface area contributed by atoms with Gasteiger partial charge in [-0.3, -0.25) is 14.3 Å². The van der Waals surface area contributed by atoms with E-state index in [1.165, 1.54) is 13.1 Å². The second kappa shape index (κ2) is 8.44. The number of ether oxygens (including phenoxy) is 1. The number of fused-ring (bicyclic) bond motifs is 2. The van der Waals surface area contributed by atoms with Crippen LogP contribution in [-0.2, 0) is 11.3 Å². The average molecular weight is 479 g/mol. The number of nitrogens with one attached hydrogen (secondary N) is 3. The molecule has 1 aromatic carbocycles. The zero-order chi connectivity index (χ0) is 24.9. The number of hydrogen-bond donors (Lipinski definition) is 3. The van der Waals surface area contributed by atoms with Gasteiger partial charge in [-0.25, -0.2) is 4.79 Å². The molecule has 3 heterocycles. The van der Waals surface area contributed by atoms with Crippen LogP contribution >= 0.6 is 0 Å². The SMILES string of the molecule is CNC(=O)c1cc(C(=O)NC2[C@H]3CN(C(=O)OC(C)(C)C)C[C@@H]23)n(Cc2cccc3[nH]ccc23)n1. The Morgan fingerprint density at radius 2 is 1.89 bits per heavy atom. The first-order valence-corrected chi connectivity index (χ1v) is 11.8. The Morgan fingerprint density at radius 3 is 2.57 bits per heavy atom. The number of likely N-dealkylation sites (tertiary alicyclic amines) is 1. The first kappa shape index (κ1) is 22.9. The van der Waals surface area contributed by atoms with E-state index in [4.69, 9.17) is 4.74 Å². The molecule has 10 nitrogen and oxygen atoms in total. The highest BCUT2D eigenvalue weighted by Gasteiger charge is 2.58. The summed E-state index contributed by atoms with van der Waals surface area (Å²) in [7, 11) is 1.53. The van der Waals surface area contributed by atoms with Crippen molar-refractivity contribution in [2.45, 2.75) is 39.0 Å². The van der Waals surface area contributed by atoms with E-state index in [0.717, 1.165) is 16.5 Å². The second-order valence-corrected chi connectivity index (χ2v) is 10.2. The summed E-state index contributed by atoms with van der Waals surface area (Å²) in [6, 6.07) is 9.40. The minimum Gasteiger partial charge on any atom is -0.444 e. The van der Waals surface area contributed by atoms with E-state index >= 15 is 0 Å². The quantitative estimate of drug-likeness (QED) is 0.520. The Bertz CT molecular complexity index is 1290. The third-order valence-electron chi connectivity index (χ3n) is 6.62. The minimum atomic E-state index is -0.539. The molecule has 0 spiro atoms. The van der Waals surface area contributed by atoms with E-state index in [-0.39, 0.29) is 41.5 Å². The van der Waals surface area contributed by atoms with Crippen LogP contribution in [0.15, 0.2) is 36.5 Å². The third-order valence-corrected chi connectivity index (χ3v) is 6.62. The molecule has 35 heavy (non-hydrogen) atoms. The highest BCUT2D eigenvalue weighted by molar-refractivity contribution is 5.98. The topological polar surface area (TPSA) is 121 Å². The molecule has 2 fully saturated rings. The fraction of sp³-hybridized carbons (Fsp3) is 0.440. The molecule has 3 amide bonds. The maximum Gasteiger partial charge on any atom is 0.410 e. The first-order valence-electron chi connectivity index (χ1n) is 11.8. The van der Waals surface area contributed by atoms with Gasteiger partial charge in [0.2, 0.25) is 0 Å². The van der Waals surface area contributed by atoms with E-state index in [0.29, 0.717) is 25.3 Å². The molecule has 1 saturated carbocycles. The maximum absolute atomic E-state index is 13.3. The molecule has 3 N–H and O–H groups in total. The Morgan fingerprint density at radius 1 is 1.14 bits per heavy atom. The van der Waals surface area contributed by atoms with Crippen LogP contribution in [0, 0.1) is 11.8 Å². The molecule has 10 heteroatoms. The van der Waals surface area contributed by atoms with Crippen LogP contribution in [0.4, 0.5) is 4.79 Å². The van der Waals surface area contributed by atoms with Crippen LogP contribution in [-0.4, -0.2) is 69.4 Å². The van der Waals surface area contributed by atoms with Gasteiger partial charge in [0.25, 0.3) is 11.8 Å². The molecule has 0 bridgehead atoms. The lowest BCUT2D eigenvalue weighted by Gasteiger charge is -2.26. The highest BCUT2D eigenvalue weighted by Crippen LogP contribution is 2.46. The summed E-state index contributed by atoms with van der Waals surface area (Å²) in [4.78, 5) is 42.7. The fourth-order valence-corrected chi connectivity index (χ4v) is 4.85. The molecule has 1 aliphatic heterocycles. The molecule has 1 aliphatic carbocycles. The summed E-state index contributed by atoms with van der Waals surface area (Å²) in [5.74, 6) is -0.226. The molecule has 2 aliphatic rings. The van der Waals surface area contributed by atoms with Crippen molar-refractivity contribution in [2.75, 3.05) is 20.1 Å². The number of H-pyrrole nitrogens is 1. The summed E-state index contributed by atoms with van der Waals surface area (Å²) in [5.41, 5.74) is 1.95. The lowest BCUT2D eigenvalue weighted by atomic mass is 10.1. The minimum absolute atomic E-state index is 0.0129. The van der Waals surface area contributed by atoms with Crippen LogP contribution < -0.4 is 10.6 Å². The van der Waals surface area contributed by atoms with Crippen molar-refractivity contribution in [3.63, 3.8) is 0 Å². The predicted octanol–water partition coefficient (Wildman–Crippen LogP) is 2.37. The van der Waals surface area contributed by atoms with Gasteiger partial charge in [-0.2, -0.15) is 5.10 Å². The van der Waals surface area contributed by atoms with Gasteiger partial charge in [0.05, 0.1) is 6.54 Å². The number of rotatable bonds is 5. The summed E-state index contributed by atoms with van der Waals surface area (Å²) in [6.07, 6.45) is 1.55. The first-order chi connectivity index (χ1) is 16.6. The molecule has 3 atom stereocenters. The number of aromatic nitrogens is 3. The van der Waals surface area contributed by atoms with Gasteiger partial charge in [0.1, 0.15) is 11.3 Å². The van der Waals surface area contributed by atoms with E-state index in [2.05, 4.69) is 20.7 Å². The van der Waals surface area contributed by atoms with Crippen LogP contribution in [0.3, 0.4) is 0 Å². The van der Waals surface area contributed by atoms with Crippen molar-refractivity contribution in [1.29, 1.82) is 0 Å². The number of benzene rings is 1. The number of amides is 3. The zero-order valence-corrected chi connectivity index (χ0v) is 20.3. The predicted molar refractivity (Wildman–Crippen MR) is 129 cm³/mol. The van der Waals surface area contributed by atoms with Gasteiger partial charge in [0, 0.05) is 61.2 Å². The molecule has 184 valence electrons. The van der Waals surface area contributed by atoms with Crippen molar-refractivity contribution in [2.24, 2.45) is 11.8 Å². The Hall–Kier alpha value is -3.82. The van der Waals surface area contributed by atoms with Crippen LogP contribution in [0.1, 0.15) is 47.3 Å². The molecule has 5 rings (SSSR count). The van der Waals surface area contributed by atoms with Gasteiger partial charge in [-0.1, -0.05) is 12.1 Å². The number of hydrogen-bond acceptors (Lipinski definition) is 5. The fourth-order valence-electron chi connectivity index (χ4n) is 4.85. The van der Waals surface area contributed by atoms with Gasteiger partial charge < -0.3 is 25.3 Å². The lowest BCUT2D eigenvalue weighted by Crippen LogP contribution is -2.40. The zero-order valence-electron chi connectivity index (χ0n) is 20.3. The molecule has 1 unspecified atom stereocenters. The summed E-state index contributed by atoms with van der Waals surface area (Å²) in [5, 5.41) is 11.1.